The average molecular weight is 518 g/mol. The third kappa shape index (κ3) is 6.80. The summed E-state index contributed by atoms with van der Waals surface area (Å²) in [5, 5.41) is 6.75. The number of ether oxygens (including phenoxy) is 2. The molecule has 0 radical (unpaired) electrons. The lowest BCUT2D eigenvalue weighted by Gasteiger charge is -2.23. The van der Waals surface area contributed by atoms with Gasteiger partial charge in [0, 0.05) is 56.5 Å². The molecular formula is C20H31IN4O2S. The van der Waals surface area contributed by atoms with Gasteiger partial charge >= 0.3 is 0 Å². The molecule has 156 valence electrons. The van der Waals surface area contributed by atoms with Gasteiger partial charge in [-0.05, 0) is 12.1 Å². The third-order valence-corrected chi connectivity index (χ3v) is 5.40. The van der Waals surface area contributed by atoms with E-state index in [0.29, 0.717) is 12.5 Å². The van der Waals surface area contributed by atoms with E-state index in [1.54, 1.807) is 32.6 Å². The van der Waals surface area contributed by atoms with Crippen molar-refractivity contribution in [3.8, 4) is 11.5 Å². The molecule has 1 N–H and O–H groups in total. The largest absolute Gasteiger partial charge is 0.497 e. The first-order valence-electron chi connectivity index (χ1n) is 9.05. The van der Waals surface area contributed by atoms with Crippen molar-refractivity contribution >= 4 is 41.3 Å². The lowest BCUT2D eigenvalue weighted by atomic mass is 10.2. The molecule has 1 heterocycles. The zero-order valence-corrected chi connectivity index (χ0v) is 20.6. The van der Waals surface area contributed by atoms with Gasteiger partial charge in [-0.15, -0.1) is 35.3 Å². The second-order valence-electron chi connectivity index (χ2n) is 6.59. The molecule has 0 aliphatic heterocycles. The number of hydrogen-bond donors (Lipinski definition) is 1. The van der Waals surface area contributed by atoms with Crippen LogP contribution in [0.1, 0.15) is 36.0 Å². The highest BCUT2D eigenvalue weighted by Gasteiger charge is 2.12. The number of nitrogens with one attached hydrogen (secondary N) is 1. The highest BCUT2D eigenvalue weighted by atomic mass is 127. The molecule has 0 saturated heterocycles. The molecule has 0 fully saturated rings. The van der Waals surface area contributed by atoms with Gasteiger partial charge in [0.05, 0.1) is 24.9 Å². The number of nitrogens with zero attached hydrogens (tertiary/aromatic N) is 3. The Hall–Kier alpha value is -1.55. The topological polar surface area (TPSA) is 59.0 Å². The van der Waals surface area contributed by atoms with Gasteiger partial charge in [0.15, 0.2) is 5.96 Å². The first kappa shape index (κ1) is 24.5. The van der Waals surface area contributed by atoms with Gasteiger partial charge in [-0.2, -0.15) is 0 Å². The van der Waals surface area contributed by atoms with Crippen LogP contribution < -0.4 is 14.8 Å². The van der Waals surface area contributed by atoms with Crippen molar-refractivity contribution in [2.45, 2.75) is 32.7 Å². The van der Waals surface area contributed by atoms with Crippen LogP contribution in [0.25, 0.3) is 0 Å². The molecule has 0 bridgehead atoms. The van der Waals surface area contributed by atoms with E-state index < -0.39 is 0 Å². The van der Waals surface area contributed by atoms with Crippen LogP contribution in [0.15, 0.2) is 28.6 Å². The van der Waals surface area contributed by atoms with Crippen molar-refractivity contribution in [2.75, 3.05) is 34.9 Å². The summed E-state index contributed by atoms with van der Waals surface area (Å²) in [6.07, 6.45) is 0.877. The number of thiazole rings is 1. The Labute approximate surface area is 189 Å². The Balaban J connectivity index is 0.00000392. The average Bonchev–Trinajstić information content (AvgIpc) is 3.14. The maximum atomic E-state index is 5.49. The highest BCUT2D eigenvalue weighted by Crippen LogP contribution is 2.25. The molecule has 1 aromatic carbocycles. The van der Waals surface area contributed by atoms with Crippen LogP contribution in [0, 0.1) is 0 Å². The molecule has 2 aromatic rings. The van der Waals surface area contributed by atoms with Crippen LogP contribution in [-0.4, -0.2) is 50.7 Å². The fourth-order valence-corrected chi connectivity index (χ4v) is 3.57. The van der Waals surface area contributed by atoms with Crippen LogP contribution in [0.3, 0.4) is 0 Å². The molecule has 2 rings (SSSR count). The molecule has 8 heteroatoms. The molecule has 0 aliphatic carbocycles. The molecule has 0 saturated carbocycles. The van der Waals surface area contributed by atoms with Crippen LogP contribution in [0.4, 0.5) is 0 Å². The molecule has 0 amide bonds. The van der Waals surface area contributed by atoms with Crippen LogP contribution in [-0.2, 0) is 13.0 Å². The zero-order valence-electron chi connectivity index (χ0n) is 17.5. The van der Waals surface area contributed by atoms with Crippen LogP contribution in [0.2, 0.25) is 0 Å². The van der Waals surface area contributed by atoms with Gasteiger partial charge in [0.1, 0.15) is 11.5 Å². The summed E-state index contributed by atoms with van der Waals surface area (Å²) in [6, 6.07) is 5.86. The van der Waals surface area contributed by atoms with E-state index in [1.807, 2.05) is 25.2 Å². The summed E-state index contributed by atoms with van der Waals surface area (Å²) >= 11 is 1.73. The number of rotatable bonds is 8. The number of aromatic nitrogens is 1. The van der Waals surface area contributed by atoms with E-state index in [9.17, 15) is 0 Å². The highest BCUT2D eigenvalue weighted by molar-refractivity contribution is 14.0. The van der Waals surface area contributed by atoms with E-state index in [-0.39, 0.29) is 24.0 Å². The Morgan fingerprint density at radius 1 is 1.29 bits per heavy atom. The van der Waals surface area contributed by atoms with Crippen molar-refractivity contribution in [1.29, 1.82) is 0 Å². The molecule has 0 atom stereocenters. The maximum Gasteiger partial charge on any atom is 0.193 e. The third-order valence-electron chi connectivity index (χ3n) is 4.20. The molecule has 6 nitrogen and oxygen atoms in total. The van der Waals surface area contributed by atoms with E-state index in [4.69, 9.17) is 9.47 Å². The van der Waals surface area contributed by atoms with Crippen molar-refractivity contribution in [3.05, 3.63) is 39.8 Å². The SMILES string of the molecule is CN=C(NCCc1csc(C(C)C)n1)N(C)Cc1ccc(OC)cc1OC.I. The fraction of sp³-hybridized carbons (Fsp3) is 0.500. The van der Waals surface area contributed by atoms with Gasteiger partial charge in [0.25, 0.3) is 0 Å². The summed E-state index contributed by atoms with van der Waals surface area (Å²) in [5.41, 5.74) is 2.20. The quantitative estimate of drug-likeness (QED) is 0.323. The minimum atomic E-state index is 0. The Kier molecular flexibility index (Phi) is 10.6. The van der Waals surface area contributed by atoms with Gasteiger partial charge in [-0.3, -0.25) is 4.99 Å². The van der Waals surface area contributed by atoms with Crippen molar-refractivity contribution in [2.24, 2.45) is 4.99 Å². The molecule has 1 aromatic heterocycles. The van der Waals surface area contributed by atoms with Gasteiger partial charge < -0.3 is 19.7 Å². The molecule has 0 unspecified atom stereocenters. The van der Waals surface area contributed by atoms with Crippen LogP contribution in [0.5, 0.6) is 11.5 Å². The van der Waals surface area contributed by atoms with E-state index >= 15 is 0 Å². The number of guanidine groups is 1. The second kappa shape index (κ2) is 12.1. The van der Waals surface area contributed by atoms with Gasteiger partial charge in [-0.25, -0.2) is 4.98 Å². The normalized spacial score (nSPS) is 11.2. The Morgan fingerprint density at radius 3 is 2.61 bits per heavy atom. The minimum absolute atomic E-state index is 0. The van der Waals surface area contributed by atoms with Crippen molar-refractivity contribution in [1.82, 2.24) is 15.2 Å². The molecule has 0 spiro atoms. The Morgan fingerprint density at radius 2 is 2.04 bits per heavy atom. The monoisotopic (exact) mass is 518 g/mol. The summed E-state index contributed by atoms with van der Waals surface area (Å²) in [7, 11) is 7.13. The first-order valence-corrected chi connectivity index (χ1v) is 9.93. The van der Waals surface area contributed by atoms with Gasteiger partial charge in [-0.1, -0.05) is 13.8 Å². The van der Waals surface area contributed by atoms with Crippen molar-refractivity contribution in [3.63, 3.8) is 0 Å². The van der Waals surface area contributed by atoms with Gasteiger partial charge in [0.2, 0.25) is 0 Å². The predicted octanol–water partition coefficient (Wildman–Crippen LogP) is 4.15. The summed E-state index contributed by atoms with van der Waals surface area (Å²) in [4.78, 5) is 11.1. The number of aliphatic imine (C=N–C) groups is 1. The first-order chi connectivity index (χ1) is 13.0. The summed E-state index contributed by atoms with van der Waals surface area (Å²) in [6.45, 7) is 5.81. The fourth-order valence-electron chi connectivity index (χ4n) is 2.70. The molecule has 28 heavy (non-hydrogen) atoms. The standard InChI is InChI=1S/C20H30N4O2S.HI/c1-14(2)19-23-16(13-27-19)9-10-22-20(21-3)24(4)12-15-7-8-17(25-5)11-18(15)26-6;/h7-8,11,13-14H,9-10,12H2,1-6H3,(H,21,22);1H. The second-order valence-corrected chi connectivity index (χ2v) is 7.48. The number of hydrogen-bond acceptors (Lipinski definition) is 5. The zero-order chi connectivity index (χ0) is 19.8. The number of benzene rings is 1. The Bertz CT molecular complexity index is 764. The summed E-state index contributed by atoms with van der Waals surface area (Å²) < 4.78 is 10.8. The van der Waals surface area contributed by atoms with E-state index in [1.165, 1.54) is 5.01 Å². The van der Waals surface area contributed by atoms with Crippen LogP contribution >= 0.6 is 35.3 Å². The molecule has 0 aliphatic rings. The minimum Gasteiger partial charge on any atom is -0.497 e. The van der Waals surface area contributed by atoms with E-state index in [2.05, 4.69) is 39.4 Å². The van der Waals surface area contributed by atoms with E-state index in [0.717, 1.165) is 41.7 Å². The smallest absolute Gasteiger partial charge is 0.193 e. The lowest BCUT2D eigenvalue weighted by Crippen LogP contribution is -2.39. The predicted molar refractivity (Wildman–Crippen MR) is 128 cm³/mol. The lowest BCUT2D eigenvalue weighted by molar-refractivity contribution is 0.382. The summed E-state index contributed by atoms with van der Waals surface area (Å²) in [5.74, 6) is 2.91. The maximum absolute atomic E-state index is 5.49. The molecular weight excluding hydrogens is 487 g/mol. The number of halogens is 1. The number of methoxy groups -OCH3 is 2. The van der Waals surface area contributed by atoms with Crippen molar-refractivity contribution < 1.29 is 9.47 Å².